The molecule has 1 aromatic rings. The lowest BCUT2D eigenvalue weighted by atomic mass is 10.0. The van der Waals surface area contributed by atoms with Crippen molar-refractivity contribution in [2.45, 2.75) is 128 Å². The predicted molar refractivity (Wildman–Crippen MR) is 150 cm³/mol. The van der Waals surface area contributed by atoms with Crippen molar-refractivity contribution >= 4 is 33.1 Å². The van der Waals surface area contributed by atoms with Gasteiger partial charge in [0, 0.05) is 17.9 Å². The van der Waals surface area contributed by atoms with Crippen LogP contribution in [0.2, 0.25) is 0 Å². The summed E-state index contributed by atoms with van der Waals surface area (Å²) in [4.78, 5) is 11.9. The van der Waals surface area contributed by atoms with Crippen LogP contribution in [0.1, 0.15) is 123 Å². The lowest BCUT2D eigenvalue weighted by Crippen LogP contribution is -2.20. The molecule has 0 bridgehead atoms. The first-order valence-electron chi connectivity index (χ1n) is 14.0. The molecule has 204 valence electrons. The van der Waals surface area contributed by atoms with Crippen LogP contribution in [0.15, 0.2) is 28.2 Å². The molecular weight excluding hydrogens is 474 g/mol. The van der Waals surface area contributed by atoms with Crippen LogP contribution in [0.4, 0.5) is 11.4 Å². The molecule has 0 atom stereocenters. The van der Waals surface area contributed by atoms with E-state index in [1.807, 2.05) is 0 Å². The molecule has 8 heteroatoms. The van der Waals surface area contributed by atoms with E-state index in [0.29, 0.717) is 23.6 Å². The number of nitrogens with one attached hydrogen (secondary N) is 1. The smallest absolute Gasteiger partial charge is 0.294 e. The van der Waals surface area contributed by atoms with Crippen molar-refractivity contribution in [1.82, 2.24) is 0 Å². The van der Waals surface area contributed by atoms with E-state index in [9.17, 15) is 17.8 Å². The Kier molecular flexibility index (Phi) is 14.1. The van der Waals surface area contributed by atoms with Crippen molar-refractivity contribution in [3.8, 4) is 0 Å². The van der Waals surface area contributed by atoms with E-state index in [2.05, 4.69) is 17.3 Å². The largest absolute Gasteiger partial charge is 0.385 e. The molecule has 0 aromatic heterocycles. The second-order valence-electron chi connectivity index (χ2n) is 10.1. The van der Waals surface area contributed by atoms with Crippen molar-refractivity contribution in [3.05, 3.63) is 18.2 Å². The zero-order chi connectivity index (χ0) is 26.2. The SMILES string of the molecule is CCCCCCCCCCCCCCCCCCNc1cc(N2N=C(C)CC2=O)cc(S(=O)(=O)O)c1. The molecule has 0 spiro atoms. The first-order chi connectivity index (χ1) is 17.3. The quantitative estimate of drug-likeness (QED) is 0.135. The number of hydrogen-bond acceptors (Lipinski definition) is 5. The Balaban J connectivity index is 1.57. The third kappa shape index (κ3) is 11.9. The number of amides is 1. The van der Waals surface area contributed by atoms with E-state index in [1.54, 1.807) is 13.0 Å². The van der Waals surface area contributed by atoms with Crippen molar-refractivity contribution in [3.63, 3.8) is 0 Å². The maximum Gasteiger partial charge on any atom is 0.294 e. The summed E-state index contributed by atoms with van der Waals surface area (Å²) in [6, 6.07) is 4.36. The molecular formula is C28H47N3O4S. The fourth-order valence-corrected chi connectivity index (χ4v) is 5.17. The molecule has 0 radical (unpaired) electrons. The average Bonchev–Trinajstić information content (AvgIpc) is 3.18. The van der Waals surface area contributed by atoms with Gasteiger partial charge in [-0.15, -0.1) is 0 Å². The van der Waals surface area contributed by atoms with E-state index in [0.717, 1.165) is 12.8 Å². The highest BCUT2D eigenvalue weighted by molar-refractivity contribution is 7.85. The van der Waals surface area contributed by atoms with Gasteiger partial charge in [-0.25, -0.2) is 5.01 Å². The summed E-state index contributed by atoms with van der Waals surface area (Å²) in [7, 11) is -4.40. The van der Waals surface area contributed by atoms with Crippen molar-refractivity contribution < 1.29 is 17.8 Å². The molecule has 0 unspecified atom stereocenters. The van der Waals surface area contributed by atoms with Gasteiger partial charge in [-0.3, -0.25) is 9.35 Å². The molecule has 0 aliphatic carbocycles. The van der Waals surface area contributed by atoms with Gasteiger partial charge in [0.2, 0.25) is 0 Å². The summed E-state index contributed by atoms with van der Waals surface area (Å²) in [5.74, 6) is -0.219. The molecule has 0 saturated carbocycles. The van der Waals surface area contributed by atoms with Crippen LogP contribution in [0, 0.1) is 0 Å². The number of nitrogens with zero attached hydrogens (tertiary/aromatic N) is 2. The highest BCUT2D eigenvalue weighted by Gasteiger charge is 2.24. The molecule has 7 nitrogen and oxygen atoms in total. The predicted octanol–water partition coefficient (Wildman–Crippen LogP) is 7.72. The Labute approximate surface area is 218 Å². The van der Waals surface area contributed by atoms with Gasteiger partial charge in [0.1, 0.15) is 0 Å². The van der Waals surface area contributed by atoms with Gasteiger partial charge in [-0.1, -0.05) is 103 Å². The molecule has 1 amide bonds. The fourth-order valence-electron chi connectivity index (χ4n) is 4.62. The topological polar surface area (TPSA) is 99.1 Å². The Morgan fingerprint density at radius 1 is 0.833 bits per heavy atom. The zero-order valence-electron chi connectivity index (χ0n) is 22.4. The van der Waals surface area contributed by atoms with Gasteiger partial charge in [0.05, 0.1) is 17.0 Å². The zero-order valence-corrected chi connectivity index (χ0v) is 23.3. The number of hydrogen-bond donors (Lipinski definition) is 2. The standard InChI is InChI=1S/C28H47N3O4S/c1-3-4-5-6-7-8-9-10-11-12-13-14-15-16-17-18-19-29-25-21-26(23-27(22-25)36(33,34)35)31-28(32)20-24(2)30-31/h21-23,29H,3-20H2,1-2H3,(H,33,34,35). The second-order valence-corrected chi connectivity index (χ2v) is 11.6. The summed E-state index contributed by atoms with van der Waals surface area (Å²) in [6.07, 6.45) is 21.2. The Hall–Kier alpha value is -1.93. The van der Waals surface area contributed by atoms with Gasteiger partial charge in [-0.2, -0.15) is 13.5 Å². The average molecular weight is 522 g/mol. The highest BCUT2D eigenvalue weighted by Crippen LogP contribution is 2.28. The first-order valence-corrected chi connectivity index (χ1v) is 15.5. The summed E-state index contributed by atoms with van der Waals surface area (Å²) >= 11 is 0. The Bertz CT molecular complexity index is 931. The molecule has 36 heavy (non-hydrogen) atoms. The van der Waals surface area contributed by atoms with Gasteiger partial charge in [-0.05, 0) is 31.5 Å². The molecule has 2 N–H and O–H groups in total. The Morgan fingerprint density at radius 2 is 1.33 bits per heavy atom. The molecule has 1 aliphatic rings. The van der Waals surface area contributed by atoms with Crippen LogP contribution in [0.5, 0.6) is 0 Å². The highest BCUT2D eigenvalue weighted by atomic mass is 32.2. The minimum absolute atomic E-state index is 0.206. The normalized spacial score (nSPS) is 13.9. The third-order valence-electron chi connectivity index (χ3n) is 6.71. The molecule has 1 heterocycles. The van der Waals surface area contributed by atoms with Crippen molar-refractivity contribution in [2.24, 2.45) is 5.10 Å². The molecule has 0 saturated heterocycles. The summed E-state index contributed by atoms with van der Waals surface area (Å²) in [6.45, 7) is 4.71. The van der Waals surface area contributed by atoms with Gasteiger partial charge >= 0.3 is 0 Å². The maximum absolute atomic E-state index is 12.2. The summed E-state index contributed by atoms with van der Waals surface area (Å²) < 4.78 is 33.0. The number of hydrazone groups is 1. The minimum atomic E-state index is -4.40. The monoisotopic (exact) mass is 521 g/mol. The van der Waals surface area contributed by atoms with E-state index in [4.69, 9.17) is 0 Å². The number of carbonyl (C=O) groups excluding carboxylic acids is 1. The maximum atomic E-state index is 12.2. The lowest BCUT2D eigenvalue weighted by molar-refractivity contribution is -0.116. The van der Waals surface area contributed by atoms with E-state index in [1.165, 1.54) is 107 Å². The van der Waals surface area contributed by atoms with Gasteiger partial charge in [0.15, 0.2) is 0 Å². The van der Waals surface area contributed by atoms with Gasteiger partial charge < -0.3 is 5.32 Å². The first kappa shape index (κ1) is 30.3. The number of rotatable bonds is 20. The van der Waals surface area contributed by atoms with Gasteiger partial charge in [0.25, 0.3) is 16.0 Å². The van der Waals surface area contributed by atoms with Crippen LogP contribution in [0.25, 0.3) is 0 Å². The van der Waals surface area contributed by atoms with E-state index < -0.39 is 10.1 Å². The van der Waals surface area contributed by atoms with Crippen molar-refractivity contribution in [1.29, 1.82) is 0 Å². The van der Waals surface area contributed by atoms with Crippen LogP contribution < -0.4 is 10.3 Å². The lowest BCUT2D eigenvalue weighted by Gasteiger charge is -2.15. The number of anilines is 2. The molecule has 1 aliphatic heterocycles. The third-order valence-corrected chi connectivity index (χ3v) is 7.54. The molecule has 1 aromatic carbocycles. The van der Waals surface area contributed by atoms with E-state index >= 15 is 0 Å². The molecule has 2 rings (SSSR count). The summed E-state index contributed by atoms with van der Waals surface area (Å²) in [5, 5.41) is 8.62. The minimum Gasteiger partial charge on any atom is -0.385 e. The van der Waals surface area contributed by atoms with Crippen LogP contribution in [0.3, 0.4) is 0 Å². The van der Waals surface area contributed by atoms with Crippen LogP contribution in [-0.2, 0) is 14.9 Å². The number of unbranched alkanes of at least 4 members (excludes halogenated alkanes) is 15. The fraction of sp³-hybridized carbons (Fsp3) is 0.714. The Morgan fingerprint density at radius 3 is 1.78 bits per heavy atom. The summed E-state index contributed by atoms with van der Waals surface area (Å²) in [5.41, 5.74) is 1.55. The number of carbonyl (C=O) groups is 1. The van der Waals surface area contributed by atoms with Crippen LogP contribution >= 0.6 is 0 Å². The van der Waals surface area contributed by atoms with E-state index in [-0.39, 0.29) is 17.2 Å². The second kappa shape index (κ2) is 16.7. The van der Waals surface area contributed by atoms with Crippen molar-refractivity contribution in [2.75, 3.05) is 16.9 Å². The number of benzene rings is 1. The molecule has 0 fully saturated rings. The van der Waals surface area contributed by atoms with Crippen LogP contribution in [-0.4, -0.2) is 31.1 Å².